The zero-order valence-corrected chi connectivity index (χ0v) is 16.7. The molecule has 0 spiro atoms. The van der Waals surface area contributed by atoms with Crippen LogP contribution in [0.3, 0.4) is 0 Å². The van der Waals surface area contributed by atoms with Crippen molar-refractivity contribution in [3.63, 3.8) is 0 Å². The topological polar surface area (TPSA) is 102 Å². The van der Waals surface area contributed by atoms with E-state index in [-0.39, 0.29) is 34.8 Å². The molecule has 0 aliphatic carbocycles. The van der Waals surface area contributed by atoms with Gasteiger partial charge in [0.25, 0.3) is 5.91 Å². The number of esters is 1. The average Bonchev–Trinajstić information content (AvgIpc) is 2.71. The van der Waals surface area contributed by atoms with Crippen LogP contribution in [-0.2, 0) is 19.6 Å². The minimum Gasteiger partial charge on any atom is -0.495 e. The van der Waals surface area contributed by atoms with Gasteiger partial charge in [-0.1, -0.05) is 6.92 Å². The van der Waals surface area contributed by atoms with Crippen molar-refractivity contribution in [2.24, 2.45) is 0 Å². The number of ether oxygens (including phenoxy) is 2. The van der Waals surface area contributed by atoms with E-state index in [0.29, 0.717) is 6.54 Å². The number of piperidine rings is 1. The van der Waals surface area contributed by atoms with E-state index in [0.717, 1.165) is 25.7 Å². The summed E-state index contributed by atoms with van der Waals surface area (Å²) in [4.78, 5) is 26.3. The number of nitrogens with zero attached hydrogens (tertiary/aromatic N) is 1. The first-order chi connectivity index (χ1) is 12.8. The lowest BCUT2D eigenvalue weighted by atomic mass is 10.00. The van der Waals surface area contributed by atoms with E-state index in [4.69, 9.17) is 9.47 Å². The third kappa shape index (κ3) is 4.98. The molecular weight excluding hydrogens is 372 g/mol. The minimum absolute atomic E-state index is 0.0307. The van der Waals surface area contributed by atoms with Crippen molar-refractivity contribution in [3.8, 4) is 5.75 Å². The van der Waals surface area contributed by atoms with Gasteiger partial charge in [0.15, 0.2) is 6.61 Å². The summed E-state index contributed by atoms with van der Waals surface area (Å²) in [6.45, 7) is 2.33. The summed E-state index contributed by atoms with van der Waals surface area (Å²) in [5.74, 6) is -0.883. The Balaban J connectivity index is 2.10. The molecule has 1 N–H and O–H groups in total. The Morgan fingerprint density at radius 1 is 1.30 bits per heavy atom. The summed E-state index contributed by atoms with van der Waals surface area (Å²) < 4.78 is 36.5. The summed E-state index contributed by atoms with van der Waals surface area (Å²) in [5.41, 5.74) is 0.0307. The Morgan fingerprint density at radius 2 is 2.04 bits per heavy atom. The molecule has 0 unspecified atom stereocenters. The second-order valence-corrected chi connectivity index (χ2v) is 8.15. The number of nitrogens with one attached hydrogen (secondary N) is 1. The normalized spacial score (nSPS) is 17.4. The quantitative estimate of drug-likeness (QED) is 0.699. The number of rotatable bonds is 7. The van der Waals surface area contributed by atoms with Crippen molar-refractivity contribution in [2.45, 2.75) is 43.5 Å². The fourth-order valence-corrected chi connectivity index (χ4v) is 4.09. The van der Waals surface area contributed by atoms with Gasteiger partial charge in [0, 0.05) is 12.6 Å². The predicted molar refractivity (Wildman–Crippen MR) is 99.2 cm³/mol. The second-order valence-electron chi connectivity index (χ2n) is 6.29. The molecule has 2 rings (SSSR count). The van der Waals surface area contributed by atoms with Gasteiger partial charge in [0.05, 0.1) is 12.7 Å². The van der Waals surface area contributed by atoms with Crippen molar-refractivity contribution < 1.29 is 27.5 Å². The van der Waals surface area contributed by atoms with Crippen LogP contribution in [0.4, 0.5) is 0 Å². The highest BCUT2D eigenvalue weighted by Crippen LogP contribution is 2.25. The molecular formula is C18H26N2O6S. The number of benzene rings is 1. The van der Waals surface area contributed by atoms with E-state index < -0.39 is 16.0 Å². The summed E-state index contributed by atoms with van der Waals surface area (Å²) in [6, 6.07) is 4.13. The molecule has 1 atom stereocenters. The standard InChI is InChI=1S/C18H26N2O6S/c1-4-14-7-5-6-10-20(14)17(21)12-26-18(22)13-8-9-15(25-3)16(11-13)27(23,24)19-2/h8-9,11,14,19H,4-7,10,12H2,1-3H3/t14-/m0/s1. The van der Waals surface area contributed by atoms with Gasteiger partial charge in [0.2, 0.25) is 10.0 Å². The van der Waals surface area contributed by atoms with Crippen molar-refractivity contribution in [1.29, 1.82) is 0 Å². The van der Waals surface area contributed by atoms with Gasteiger partial charge < -0.3 is 14.4 Å². The highest BCUT2D eigenvalue weighted by molar-refractivity contribution is 7.89. The molecule has 1 aliphatic rings. The first-order valence-electron chi connectivity index (χ1n) is 8.92. The zero-order valence-electron chi connectivity index (χ0n) is 15.9. The van der Waals surface area contributed by atoms with Crippen LogP contribution >= 0.6 is 0 Å². The third-order valence-corrected chi connectivity index (χ3v) is 6.14. The van der Waals surface area contributed by atoms with Crippen LogP contribution in [0.2, 0.25) is 0 Å². The van der Waals surface area contributed by atoms with Crippen molar-refractivity contribution in [1.82, 2.24) is 9.62 Å². The Hall–Kier alpha value is -2.13. The fourth-order valence-electron chi connectivity index (χ4n) is 3.17. The Kier molecular flexibility index (Phi) is 7.20. The Labute approximate surface area is 159 Å². The van der Waals surface area contributed by atoms with Gasteiger partial charge in [-0.2, -0.15) is 0 Å². The highest BCUT2D eigenvalue weighted by Gasteiger charge is 2.26. The molecule has 0 radical (unpaired) electrons. The molecule has 8 nitrogen and oxygen atoms in total. The number of sulfonamides is 1. The number of hydrogen-bond donors (Lipinski definition) is 1. The molecule has 150 valence electrons. The molecule has 1 fully saturated rings. The maximum absolute atomic E-state index is 12.4. The third-order valence-electron chi connectivity index (χ3n) is 4.70. The van der Waals surface area contributed by atoms with Gasteiger partial charge in [0.1, 0.15) is 10.6 Å². The largest absolute Gasteiger partial charge is 0.495 e. The Morgan fingerprint density at radius 3 is 2.67 bits per heavy atom. The highest BCUT2D eigenvalue weighted by atomic mass is 32.2. The van der Waals surface area contributed by atoms with Gasteiger partial charge in [-0.05, 0) is 50.9 Å². The summed E-state index contributed by atoms with van der Waals surface area (Å²) in [5, 5.41) is 0. The molecule has 1 amide bonds. The van der Waals surface area contributed by atoms with Crippen LogP contribution in [0, 0.1) is 0 Å². The van der Waals surface area contributed by atoms with Crippen LogP contribution < -0.4 is 9.46 Å². The second kappa shape index (κ2) is 9.18. The van der Waals surface area contributed by atoms with Crippen LogP contribution in [-0.4, -0.2) is 58.5 Å². The maximum atomic E-state index is 12.4. The lowest BCUT2D eigenvalue weighted by molar-refractivity contribution is -0.138. The van der Waals surface area contributed by atoms with Crippen LogP contribution in [0.15, 0.2) is 23.1 Å². The number of methoxy groups -OCH3 is 1. The monoisotopic (exact) mass is 398 g/mol. The van der Waals surface area contributed by atoms with E-state index >= 15 is 0 Å². The number of amides is 1. The van der Waals surface area contributed by atoms with Gasteiger partial charge in [-0.25, -0.2) is 17.9 Å². The molecule has 1 aromatic carbocycles. The van der Waals surface area contributed by atoms with Gasteiger partial charge in [-0.15, -0.1) is 0 Å². The SMILES string of the molecule is CC[C@H]1CCCCN1C(=O)COC(=O)c1ccc(OC)c(S(=O)(=O)NC)c1. The molecule has 1 aromatic rings. The van der Waals surface area contributed by atoms with E-state index in [9.17, 15) is 18.0 Å². The molecule has 1 heterocycles. The lowest BCUT2D eigenvalue weighted by Crippen LogP contribution is -2.45. The summed E-state index contributed by atoms with van der Waals surface area (Å²) >= 11 is 0. The molecule has 9 heteroatoms. The van der Waals surface area contributed by atoms with E-state index in [1.165, 1.54) is 32.4 Å². The predicted octanol–water partition coefficient (Wildman–Crippen LogP) is 1.55. The smallest absolute Gasteiger partial charge is 0.338 e. The van der Waals surface area contributed by atoms with Crippen molar-refractivity contribution in [3.05, 3.63) is 23.8 Å². The van der Waals surface area contributed by atoms with Crippen LogP contribution in [0.25, 0.3) is 0 Å². The molecule has 27 heavy (non-hydrogen) atoms. The average molecular weight is 398 g/mol. The zero-order chi connectivity index (χ0) is 20.0. The first kappa shape index (κ1) is 21.2. The van der Waals surface area contributed by atoms with E-state index in [1.807, 2.05) is 6.92 Å². The van der Waals surface area contributed by atoms with Gasteiger partial charge >= 0.3 is 5.97 Å². The van der Waals surface area contributed by atoms with E-state index in [1.54, 1.807) is 4.90 Å². The molecule has 0 bridgehead atoms. The lowest BCUT2D eigenvalue weighted by Gasteiger charge is -2.35. The van der Waals surface area contributed by atoms with Crippen LogP contribution in [0.1, 0.15) is 43.0 Å². The van der Waals surface area contributed by atoms with Gasteiger partial charge in [-0.3, -0.25) is 4.79 Å². The molecule has 0 saturated carbocycles. The van der Waals surface area contributed by atoms with Crippen LogP contribution in [0.5, 0.6) is 5.75 Å². The number of carbonyl (C=O) groups excluding carboxylic acids is 2. The van der Waals surface area contributed by atoms with Crippen molar-refractivity contribution in [2.75, 3.05) is 27.3 Å². The fraction of sp³-hybridized carbons (Fsp3) is 0.556. The molecule has 1 saturated heterocycles. The number of likely N-dealkylation sites (tertiary alicyclic amines) is 1. The number of hydrogen-bond acceptors (Lipinski definition) is 6. The maximum Gasteiger partial charge on any atom is 0.338 e. The molecule has 1 aliphatic heterocycles. The Bertz CT molecular complexity index is 793. The summed E-state index contributed by atoms with van der Waals surface area (Å²) in [6.07, 6.45) is 3.86. The van der Waals surface area contributed by atoms with Crippen molar-refractivity contribution >= 4 is 21.9 Å². The summed E-state index contributed by atoms with van der Waals surface area (Å²) in [7, 11) is -1.21. The first-order valence-corrected chi connectivity index (χ1v) is 10.4. The number of carbonyl (C=O) groups is 2. The molecule has 0 aromatic heterocycles. The van der Waals surface area contributed by atoms with E-state index in [2.05, 4.69) is 4.72 Å². The minimum atomic E-state index is -3.81.